The molecule has 0 aliphatic carbocycles. The Morgan fingerprint density at radius 1 is 1.32 bits per heavy atom. The first kappa shape index (κ1) is 18.0. The molecule has 9 nitrogen and oxygen atoms in total. The summed E-state index contributed by atoms with van der Waals surface area (Å²) in [6.07, 6.45) is 0. The average Bonchev–Trinajstić information content (AvgIpc) is 2.76. The van der Waals surface area contributed by atoms with Gasteiger partial charge in [-0.25, -0.2) is 4.39 Å². The molecule has 2 amide bonds. The molecule has 2 N–H and O–H groups in total. The molecular formula is C15H16FN5O4. The van der Waals surface area contributed by atoms with Crippen LogP contribution in [0.5, 0.6) is 0 Å². The number of benzene rings is 1. The lowest BCUT2D eigenvalue weighted by molar-refractivity contribution is -0.386. The number of nitrogens with zero attached hydrogens (tertiary/aromatic N) is 3. The van der Waals surface area contributed by atoms with E-state index < -0.39 is 22.6 Å². The molecule has 0 unspecified atom stereocenters. The standard InChI is InChI=1S/C15H16FN5O4/c1-8-15(21(24)25)9(2)20(19-8)7-14(23)18-11-4-5-12(16)13(6-11)17-10(3)22/h4-6H,7H2,1-3H3,(H,17,22)(H,18,23). The maximum Gasteiger partial charge on any atom is 0.312 e. The Balaban J connectivity index is 2.15. The minimum absolute atomic E-state index is 0.0629. The van der Waals surface area contributed by atoms with Gasteiger partial charge in [0.05, 0.1) is 10.6 Å². The van der Waals surface area contributed by atoms with Crippen molar-refractivity contribution in [1.29, 1.82) is 0 Å². The SMILES string of the molecule is CC(=O)Nc1cc(NC(=O)Cn2nc(C)c([N+](=O)[O-])c2C)ccc1F. The fourth-order valence-electron chi connectivity index (χ4n) is 2.33. The van der Waals surface area contributed by atoms with Crippen LogP contribution in [0.4, 0.5) is 21.5 Å². The van der Waals surface area contributed by atoms with Crippen molar-refractivity contribution in [3.05, 3.63) is 45.5 Å². The number of nitrogens with one attached hydrogen (secondary N) is 2. The smallest absolute Gasteiger partial charge is 0.312 e. The molecule has 2 rings (SSSR count). The second kappa shape index (κ2) is 7.07. The predicted octanol–water partition coefficient (Wildman–Crippen LogP) is 2.14. The van der Waals surface area contributed by atoms with Crippen LogP contribution in [-0.4, -0.2) is 26.5 Å². The highest BCUT2D eigenvalue weighted by Gasteiger charge is 2.22. The summed E-state index contributed by atoms with van der Waals surface area (Å²) >= 11 is 0. The maximum absolute atomic E-state index is 13.6. The number of hydrogen-bond donors (Lipinski definition) is 2. The first-order valence-electron chi connectivity index (χ1n) is 7.24. The zero-order valence-electron chi connectivity index (χ0n) is 13.8. The van der Waals surface area contributed by atoms with E-state index in [0.717, 1.165) is 6.07 Å². The summed E-state index contributed by atoms with van der Waals surface area (Å²) in [6.45, 7) is 3.98. The number of anilines is 2. The number of nitro groups is 1. The van der Waals surface area contributed by atoms with E-state index >= 15 is 0 Å². The lowest BCUT2D eigenvalue weighted by atomic mass is 10.2. The molecule has 1 heterocycles. The van der Waals surface area contributed by atoms with Gasteiger partial charge in [0.1, 0.15) is 23.7 Å². The van der Waals surface area contributed by atoms with Crippen LogP contribution in [-0.2, 0) is 16.1 Å². The van der Waals surface area contributed by atoms with Crippen LogP contribution < -0.4 is 10.6 Å². The van der Waals surface area contributed by atoms with E-state index in [9.17, 15) is 24.1 Å². The lowest BCUT2D eigenvalue weighted by Gasteiger charge is -2.09. The van der Waals surface area contributed by atoms with Gasteiger partial charge in [-0.05, 0) is 32.0 Å². The van der Waals surface area contributed by atoms with Crippen molar-refractivity contribution in [2.75, 3.05) is 10.6 Å². The molecule has 10 heteroatoms. The molecule has 0 fully saturated rings. The van der Waals surface area contributed by atoms with Gasteiger partial charge in [0.15, 0.2) is 0 Å². The summed E-state index contributed by atoms with van der Waals surface area (Å²) in [5.41, 5.74) is 0.543. The summed E-state index contributed by atoms with van der Waals surface area (Å²) in [7, 11) is 0. The Labute approximate surface area is 142 Å². The summed E-state index contributed by atoms with van der Waals surface area (Å²) in [6, 6.07) is 3.72. The van der Waals surface area contributed by atoms with Gasteiger partial charge >= 0.3 is 5.69 Å². The highest BCUT2D eigenvalue weighted by Crippen LogP contribution is 2.22. The summed E-state index contributed by atoms with van der Waals surface area (Å²) in [5, 5.41) is 19.8. The van der Waals surface area contributed by atoms with E-state index in [2.05, 4.69) is 15.7 Å². The van der Waals surface area contributed by atoms with Crippen LogP contribution in [0, 0.1) is 29.8 Å². The van der Waals surface area contributed by atoms with Crippen LogP contribution in [0.1, 0.15) is 18.3 Å². The number of amides is 2. The molecule has 132 valence electrons. The molecule has 0 saturated carbocycles. The molecule has 0 aliphatic rings. The van der Waals surface area contributed by atoms with Crippen molar-refractivity contribution in [3.8, 4) is 0 Å². The molecule has 0 bridgehead atoms. The van der Waals surface area contributed by atoms with Gasteiger partial charge in [0.25, 0.3) is 0 Å². The van der Waals surface area contributed by atoms with E-state index in [1.54, 1.807) is 0 Å². The Bertz CT molecular complexity index is 862. The van der Waals surface area contributed by atoms with Crippen molar-refractivity contribution in [2.24, 2.45) is 0 Å². The van der Waals surface area contributed by atoms with E-state index in [1.807, 2.05) is 0 Å². The molecule has 0 saturated heterocycles. The summed E-state index contributed by atoms with van der Waals surface area (Å²) < 4.78 is 14.8. The van der Waals surface area contributed by atoms with Crippen molar-refractivity contribution < 1.29 is 18.9 Å². The van der Waals surface area contributed by atoms with E-state index in [0.29, 0.717) is 0 Å². The van der Waals surface area contributed by atoms with E-state index in [-0.39, 0.29) is 35.0 Å². The topological polar surface area (TPSA) is 119 Å². The zero-order chi connectivity index (χ0) is 18.7. The molecule has 1 aromatic heterocycles. The van der Waals surface area contributed by atoms with Crippen molar-refractivity contribution in [3.63, 3.8) is 0 Å². The molecule has 1 aromatic carbocycles. The van der Waals surface area contributed by atoms with Gasteiger partial charge in [0, 0.05) is 12.6 Å². The number of carbonyl (C=O) groups is 2. The third kappa shape index (κ3) is 4.16. The van der Waals surface area contributed by atoms with Crippen LogP contribution in [0.15, 0.2) is 18.2 Å². The largest absolute Gasteiger partial charge is 0.324 e. The third-order valence-corrected chi connectivity index (χ3v) is 3.38. The Kier molecular flexibility index (Phi) is 5.11. The van der Waals surface area contributed by atoms with E-state index in [1.165, 1.54) is 37.6 Å². The first-order chi connectivity index (χ1) is 11.7. The normalized spacial score (nSPS) is 10.4. The van der Waals surface area contributed by atoms with Gasteiger partial charge in [-0.3, -0.25) is 24.4 Å². The molecule has 0 aliphatic heterocycles. The lowest BCUT2D eigenvalue weighted by Crippen LogP contribution is -2.20. The predicted molar refractivity (Wildman–Crippen MR) is 87.7 cm³/mol. The Morgan fingerprint density at radius 2 is 2.00 bits per heavy atom. The average molecular weight is 349 g/mol. The molecule has 0 radical (unpaired) electrons. The fourth-order valence-corrected chi connectivity index (χ4v) is 2.33. The monoisotopic (exact) mass is 349 g/mol. The number of aryl methyl sites for hydroxylation is 1. The second-order valence-corrected chi connectivity index (χ2v) is 5.36. The molecule has 0 spiro atoms. The third-order valence-electron chi connectivity index (χ3n) is 3.38. The van der Waals surface area contributed by atoms with Gasteiger partial charge < -0.3 is 10.6 Å². The molecule has 25 heavy (non-hydrogen) atoms. The minimum Gasteiger partial charge on any atom is -0.324 e. The molecule has 2 aromatic rings. The van der Waals surface area contributed by atoms with Crippen molar-refractivity contribution in [2.45, 2.75) is 27.3 Å². The fraction of sp³-hybridized carbons (Fsp3) is 0.267. The van der Waals surface area contributed by atoms with Crippen molar-refractivity contribution in [1.82, 2.24) is 9.78 Å². The number of rotatable bonds is 5. The Morgan fingerprint density at radius 3 is 2.56 bits per heavy atom. The van der Waals surface area contributed by atoms with Crippen LogP contribution >= 0.6 is 0 Å². The number of hydrogen-bond acceptors (Lipinski definition) is 5. The van der Waals surface area contributed by atoms with Crippen LogP contribution in [0.25, 0.3) is 0 Å². The van der Waals surface area contributed by atoms with Gasteiger partial charge in [-0.1, -0.05) is 0 Å². The highest BCUT2D eigenvalue weighted by molar-refractivity contribution is 5.93. The number of carbonyl (C=O) groups excluding carboxylic acids is 2. The highest BCUT2D eigenvalue weighted by atomic mass is 19.1. The van der Waals surface area contributed by atoms with Gasteiger partial charge in [-0.2, -0.15) is 5.10 Å². The Hall–Kier alpha value is -3.30. The van der Waals surface area contributed by atoms with Crippen LogP contribution in [0.3, 0.4) is 0 Å². The van der Waals surface area contributed by atoms with Crippen molar-refractivity contribution >= 4 is 28.9 Å². The zero-order valence-corrected chi connectivity index (χ0v) is 13.8. The first-order valence-corrected chi connectivity index (χ1v) is 7.24. The minimum atomic E-state index is -0.637. The maximum atomic E-state index is 13.6. The number of aromatic nitrogens is 2. The molecule has 0 atom stereocenters. The molecular weight excluding hydrogens is 333 g/mol. The summed E-state index contributed by atoms with van der Waals surface area (Å²) in [4.78, 5) is 33.6. The summed E-state index contributed by atoms with van der Waals surface area (Å²) in [5.74, 6) is -1.58. The quantitative estimate of drug-likeness (QED) is 0.633. The van der Waals surface area contributed by atoms with Gasteiger partial charge in [0.2, 0.25) is 11.8 Å². The van der Waals surface area contributed by atoms with E-state index in [4.69, 9.17) is 0 Å². The number of halogens is 1. The van der Waals surface area contributed by atoms with Gasteiger partial charge in [-0.15, -0.1) is 0 Å². The second-order valence-electron chi connectivity index (χ2n) is 5.36. The van der Waals surface area contributed by atoms with Crippen LogP contribution in [0.2, 0.25) is 0 Å².